The smallest absolute Gasteiger partial charge is 0.416 e. The van der Waals surface area contributed by atoms with E-state index in [1.165, 1.54) is 24.2 Å². The van der Waals surface area contributed by atoms with Gasteiger partial charge in [-0.25, -0.2) is 27.4 Å². The summed E-state index contributed by atoms with van der Waals surface area (Å²) in [5.74, 6) is -0.976. The van der Waals surface area contributed by atoms with E-state index in [0.717, 1.165) is 51.4 Å². The van der Waals surface area contributed by atoms with E-state index in [2.05, 4.69) is 30.1 Å². The van der Waals surface area contributed by atoms with Crippen molar-refractivity contribution in [2.75, 3.05) is 59.0 Å². The van der Waals surface area contributed by atoms with Crippen LogP contribution in [0.5, 0.6) is 0 Å². The zero-order chi connectivity index (χ0) is 59.9. The van der Waals surface area contributed by atoms with E-state index >= 15 is 0 Å². The van der Waals surface area contributed by atoms with Gasteiger partial charge in [0.15, 0.2) is 56.8 Å². The first-order chi connectivity index (χ1) is 37.9. The molecule has 0 N–H and O–H groups in total. The van der Waals surface area contributed by atoms with Gasteiger partial charge in [-0.05, 0) is 145 Å². The third kappa shape index (κ3) is 14.8. The molecule has 2 amide bonds. The molecule has 0 unspecified atom stereocenters. The van der Waals surface area contributed by atoms with Crippen molar-refractivity contribution in [2.24, 2.45) is 0 Å². The molecule has 8 heterocycles. The minimum Gasteiger partial charge on any atom is -0.443 e. The first-order valence-corrected chi connectivity index (χ1v) is 37.0. The number of fused-ring (bicyclic) bond motifs is 4. The van der Waals surface area contributed by atoms with Crippen LogP contribution in [0.15, 0.2) is 12.4 Å². The predicted octanol–water partition coefficient (Wildman–Crippen LogP) is 10.5. The maximum Gasteiger partial charge on any atom is 0.416 e. The number of carbonyl (C=O) groups is 2. The van der Waals surface area contributed by atoms with Crippen molar-refractivity contribution in [1.82, 2.24) is 39.5 Å². The number of thioether (sulfide) groups is 1. The quantitative estimate of drug-likeness (QED) is 0.0838. The second kappa shape index (κ2) is 23.4. The van der Waals surface area contributed by atoms with Crippen LogP contribution in [0.3, 0.4) is 0 Å². The molecule has 2 aliphatic carbocycles. The highest BCUT2D eigenvalue weighted by Crippen LogP contribution is 2.49. The number of ether oxygens (including phenoxy) is 8. The van der Waals surface area contributed by atoms with Gasteiger partial charge in [0.05, 0.1) is 49.3 Å². The van der Waals surface area contributed by atoms with Gasteiger partial charge in [-0.3, -0.25) is 9.80 Å². The van der Waals surface area contributed by atoms with Crippen molar-refractivity contribution in [3.63, 3.8) is 0 Å². The number of hydrogen-bond donors (Lipinski definition) is 0. The monoisotopic (exact) mass is 1260 g/mol. The van der Waals surface area contributed by atoms with Gasteiger partial charge < -0.3 is 47.0 Å². The zero-order valence-corrected chi connectivity index (χ0v) is 54.0. The molecular formula is C52H78Cl2N10O14P2S2. The minimum atomic E-state index is -3.75. The van der Waals surface area contributed by atoms with Gasteiger partial charge in [0.25, 0.3) is 0 Å². The van der Waals surface area contributed by atoms with Gasteiger partial charge in [0.1, 0.15) is 47.2 Å². The number of aromatic nitrogens is 8. The van der Waals surface area contributed by atoms with E-state index in [4.69, 9.17) is 61.1 Å². The van der Waals surface area contributed by atoms with E-state index < -0.39 is 107 Å². The third-order valence-corrected chi connectivity index (χ3v) is 23.2. The SMILES string of the molecule is CC(C)(C)OC(=O)N(c1nc(Cl)nc2c1cnn2[C@@H]1O[C@H](CS(=O)(=O)CP(C)(C)=O)[C@H]2OC(C)(C)O[C@H]21)C1CCCC1.CC(C)(C)OC(=O)N(c1nc(Cl)nc2c1cnn2[C@@H]1O[C@H](CSCP(C)(C)=O)[C@H]2OC(C)(C)O[C@H]21)C1CCCC1. The largest absolute Gasteiger partial charge is 0.443 e. The summed E-state index contributed by atoms with van der Waals surface area (Å²) in [5, 5.41) is 10.1. The van der Waals surface area contributed by atoms with Crippen LogP contribution in [-0.2, 0) is 56.9 Å². The Balaban J connectivity index is 0.000000198. The zero-order valence-electron chi connectivity index (χ0n) is 49.1. The Hall–Kier alpha value is -3.26. The van der Waals surface area contributed by atoms with Gasteiger partial charge >= 0.3 is 12.2 Å². The van der Waals surface area contributed by atoms with Crippen LogP contribution < -0.4 is 9.80 Å². The Bertz CT molecular complexity index is 3240. The summed E-state index contributed by atoms with van der Waals surface area (Å²) in [4.78, 5) is 48.0. The molecule has 10 rings (SSSR count). The molecule has 30 heteroatoms. The van der Waals surface area contributed by atoms with E-state index in [1.54, 1.807) is 80.4 Å². The van der Waals surface area contributed by atoms with E-state index in [9.17, 15) is 27.1 Å². The lowest BCUT2D eigenvalue weighted by atomic mass is 10.1. The molecule has 6 fully saturated rings. The Kier molecular flexibility index (Phi) is 18.1. The van der Waals surface area contributed by atoms with Crippen LogP contribution in [0.1, 0.15) is 133 Å². The Labute approximate surface area is 493 Å². The van der Waals surface area contributed by atoms with Gasteiger partial charge in [0.2, 0.25) is 10.6 Å². The van der Waals surface area contributed by atoms with Crippen molar-refractivity contribution in [1.29, 1.82) is 0 Å². The fraction of sp³-hybridized carbons (Fsp3) is 0.769. The molecule has 0 spiro atoms. The lowest BCUT2D eigenvalue weighted by Crippen LogP contribution is -2.43. The number of carbonyl (C=O) groups excluding carboxylic acids is 2. The predicted molar refractivity (Wildman–Crippen MR) is 313 cm³/mol. The average Bonchev–Trinajstić information content (AvgIpc) is 3.72. The number of halogens is 2. The number of sulfone groups is 1. The highest BCUT2D eigenvalue weighted by atomic mass is 35.5. The van der Waals surface area contributed by atoms with Gasteiger partial charge in [-0.15, -0.1) is 0 Å². The number of hydrogen-bond acceptors (Lipinski definition) is 21. The second-order valence-corrected chi connectivity index (χ2v) is 37.4. The van der Waals surface area contributed by atoms with Crippen LogP contribution >= 0.6 is 49.2 Å². The molecule has 4 aliphatic heterocycles. The second-order valence-electron chi connectivity index (χ2n) is 25.8. The molecule has 4 aromatic heterocycles. The maximum atomic E-state index is 13.5. The molecule has 0 bridgehead atoms. The van der Waals surface area contributed by atoms with Crippen LogP contribution in [0.4, 0.5) is 21.2 Å². The highest BCUT2D eigenvalue weighted by Gasteiger charge is 2.59. The van der Waals surface area contributed by atoms with Gasteiger partial charge in [-0.1, -0.05) is 25.7 Å². The number of rotatable bonds is 14. The maximum absolute atomic E-state index is 13.5. The normalized spacial score (nSPS) is 26.7. The molecule has 4 aromatic rings. The van der Waals surface area contributed by atoms with E-state index in [-0.39, 0.29) is 46.3 Å². The topological polar surface area (TPSA) is 270 Å². The fourth-order valence-electron chi connectivity index (χ4n) is 11.4. The average molecular weight is 1260 g/mol. The molecule has 2 saturated carbocycles. The number of amides is 2. The summed E-state index contributed by atoms with van der Waals surface area (Å²) in [6.45, 7) is 24.6. The van der Waals surface area contributed by atoms with E-state index in [1.807, 2.05) is 34.6 Å². The van der Waals surface area contributed by atoms with Crippen molar-refractivity contribution in [3.8, 4) is 0 Å². The summed E-state index contributed by atoms with van der Waals surface area (Å²) < 4.78 is 103. The van der Waals surface area contributed by atoms with Crippen molar-refractivity contribution >= 4 is 105 Å². The summed E-state index contributed by atoms with van der Waals surface area (Å²) in [7, 11) is -8.78. The summed E-state index contributed by atoms with van der Waals surface area (Å²) in [6, 6.07) is -0.208. The molecule has 0 aromatic carbocycles. The van der Waals surface area contributed by atoms with Crippen molar-refractivity contribution < 1.29 is 65.0 Å². The molecule has 0 radical (unpaired) electrons. The van der Waals surface area contributed by atoms with Crippen LogP contribution in [0.25, 0.3) is 22.1 Å². The molecule has 456 valence electrons. The summed E-state index contributed by atoms with van der Waals surface area (Å²) in [6.07, 6.45) is 4.31. The molecule has 8 atom stereocenters. The highest BCUT2D eigenvalue weighted by molar-refractivity contribution is 8.05. The van der Waals surface area contributed by atoms with Crippen LogP contribution in [-0.4, -0.2) is 181 Å². The minimum absolute atomic E-state index is 0.0111. The number of nitrogens with zero attached hydrogens (tertiary/aromatic N) is 10. The Morgan fingerprint density at radius 1 is 0.659 bits per heavy atom. The van der Waals surface area contributed by atoms with E-state index in [0.29, 0.717) is 33.5 Å². The van der Waals surface area contributed by atoms with Crippen molar-refractivity contribution in [2.45, 2.75) is 205 Å². The number of anilines is 2. The van der Waals surface area contributed by atoms with Crippen LogP contribution in [0, 0.1) is 0 Å². The first kappa shape index (κ1) is 63.2. The molecule has 82 heavy (non-hydrogen) atoms. The summed E-state index contributed by atoms with van der Waals surface area (Å²) in [5.41, 5.74) is -0.583. The Morgan fingerprint density at radius 2 is 1.05 bits per heavy atom. The Morgan fingerprint density at radius 3 is 1.44 bits per heavy atom. The van der Waals surface area contributed by atoms with Crippen molar-refractivity contribution in [3.05, 3.63) is 23.0 Å². The lowest BCUT2D eigenvalue weighted by Gasteiger charge is -2.31. The molecular weight excluding hydrogens is 1190 g/mol. The molecule has 4 saturated heterocycles. The van der Waals surface area contributed by atoms with Gasteiger partial charge in [0, 0.05) is 23.3 Å². The van der Waals surface area contributed by atoms with Gasteiger partial charge in [-0.2, -0.15) is 41.9 Å². The molecule has 6 aliphatic rings. The lowest BCUT2D eigenvalue weighted by molar-refractivity contribution is -0.195. The third-order valence-electron chi connectivity index (χ3n) is 14.2. The standard InChI is InChI=1S/C26H39ClN5O8PS.C26H39ClN5O6PS/c1-25(2,3)40-24(33)31(15-10-8-9-11-15)20-16-12-28-32(21(16)30-23(27)29-20)22-19-18(38-26(4,5)39-19)17(37-22)13-42(35,36)14-41(6,7)34;1-25(2,3)38-24(33)31(15-10-8-9-11-15)20-16-12-28-32(21(16)30-23(27)29-20)22-19-18(36-26(4,5)37-19)17(35-22)13-40-14-39(6,7)34/h12,15,17-19,22H,8-11,13-14H2,1-7H3;12,15,17-19,22H,8-11,13-14H2,1-7H3/t2*17-,18-,19-,22-/m11/s1. The summed E-state index contributed by atoms with van der Waals surface area (Å²) >= 11 is 14.5. The molecule has 24 nitrogen and oxygen atoms in total. The van der Waals surface area contributed by atoms with Crippen LogP contribution in [0.2, 0.25) is 10.6 Å². The fourth-order valence-corrected chi connectivity index (χ4v) is 19.4. The first-order valence-electron chi connectivity index (χ1n) is 27.7.